The quantitative estimate of drug-likeness (QED) is 0.817. The predicted molar refractivity (Wildman–Crippen MR) is 92.4 cm³/mol. The van der Waals surface area contributed by atoms with E-state index in [-0.39, 0.29) is 27.0 Å². The summed E-state index contributed by atoms with van der Waals surface area (Å²) in [5.41, 5.74) is 0.377. The van der Waals surface area contributed by atoms with E-state index in [1.165, 1.54) is 18.2 Å². The fourth-order valence-electron chi connectivity index (χ4n) is 2.14. The minimum absolute atomic E-state index is 0.0172. The Bertz CT molecular complexity index is 907. The van der Waals surface area contributed by atoms with Crippen LogP contribution in [-0.2, 0) is 16.3 Å². The Labute approximate surface area is 149 Å². The van der Waals surface area contributed by atoms with E-state index < -0.39 is 15.8 Å². The predicted octanol–water partition coefficient (Wildman–Crippen LogP) is 4.45. The zero-order chi connectivity index (χ0) is 18.1. The van der Waals surface area contributed by atoms with E-state index in [4.69, 9.17) is 27.9 Å². The van der Waals surface area contributed by atoms with Crippen molar-refractivity contribution in [2.45, 2.75) is 18.2 Å². The zero-order valence-corrected chi connectivity index (χ0v) is 15.2. The average Bonchev–Trinajstić information content (AvgIpc) is 2.48. The molecule has 0 fully saturated rings. The van der Waals surface area contributed by atoms with Gasteiger partial charge in [0.2, 0.25) is 0 Å². The second-order valence-electron chi connectivity index (χ2n) is 5.06. The Morgan fingerprint density at radius 2 is 1.83 bits per heavy atom. The highest BCUT2D eigenvalue weighted by Crippen LogP contribution is 2.36. The number of carboxylic acids is 1. The monoisotopic (exact) mass is 388 g/mol. The van der Waals surface area contributed by atoms with E-state index in [0.717, 1.165) is 12.3 Å². The fraction of sp³-hybridized carbons (Fsp3) is 0.188. The summed E-state index contributed by atoms with van der Waals surface area (Å²) in [6.45, 7) is 1.76. The molecule has 0 unspecified atom stereocenters. The molecule has 0 aliphatic rings. The Morgan fingerprint density at radius 1 is 1.17 bits per heavy atom. The fourth-order valence-corrected chi connectivity index (χ4v) is 3.38. The van der Waals surface area contributed by atoms with Crippen molar-refractivity contribution in [3.63, 3.8) is 0 Å². The molecule has 0 saturated heterocycles. The number of benzene rings is 2. The first-order valence-electron chi connectivity index (χ1n) is 6.86. The lowest BCUT2D eigenvalue weighted by Gasteiger charge is -2.14. The van der Waals surface area contributed by atoms with Crippen LogP contribution in [0.25, 0.3) is 0 Å². The summed E-state index contributed by atoms with van der Waals surface area (Å²) in [4.78, 5) is 11.1. The number of aromatic carboxylic acids is 1. The molecule has 0 aliphatic heterocycles. The summed E-state index contributed by atoms with van der Waals surface area (Å²) in [6.07, 6.45) is 1.38. The van der Waals surface area contributed by atoms with Gasteiger partial charge in [0.1, 0.15) is 16.4 Å². The molecule has 0 atom stereocenters. The standard InChI is InChI=1S/C16H14Cl2O5S/c1-3-9-6-14(23-13-5-4-10(17)7-12(13)18)15(24(2,21)22)8-11(9)16(19)20/h4-8H,3H2,1-2H3,(H,19,20). The molecule has 0 aromatic heterocycles. The molecule has 0 spiro atoms. The molecule has 5 nitrogen and oxygen atoms in total. The van der Waals surface area contributed by atoms with Gasteiger partial charge >= 0.3 is 5.97 Å². The first-order valence-corrected chi connectivity index (χ1v) is 9.51. The molecule has 2 aromatic carbocycles. The highest BCUT2D eigenvalue weighted by Gasteiger charge is 2.22. The van der Waals surface area contributed by atoms with Gasteiger partial charge in [0, 0.05) is 11.3 Å². The summed E-state index contributed by atoms with van der Waals surface area (Å²) < 4.78 is 29.7. The van der Waals surface area contributed by atoms with E-state index in [0.29, 0.717) is 17.0 Å². The minimum Gasteiger partial charge on any atom is -0.478 e. The van der Waals surface area contributed by atoms with Gasteiger partial charge in [-0.1, -0.05) is 30.1 Å². The van der Waals surface area contributed by atoms with Crippen molar-refractivity contribution in [2.24, 2.45) is 0 Å². The molecule has 128 valence electrons. The maximum atomic E-state index is 12.0. The van der Waals surface area contributed by atoms with Gasteiger partial charge < -0.3 is 9.84 Å². The lowest BCUT2D eigenvalue weighted by atomic mass is 10.0. The highest BCUT2D eigenvalue weighted by molar-refractivity contribution is 7.90. The highest BCUT2D eigenvalue weighted by atomic mass is 35.5. The van der Waals surface area contributed by atoms with E-state index >= 15 is 0 Å². The van der Waals surface area contributed by atoms with Crippen LogP contribution in [-0.4, -0.2) is 25.7 Å². The van der Waals surface area contributed by atoms with Crippen molar-refractivity contribution in [1.29, 1.82) is 0 Å². The Morgan fingerprint density at radius 3 is 2.33 bits per heavy atom. The zero-order valence-electron chi connectivity index (χ0n) is 12.8. The first-order chi connectivity index (χ1) is 11.1. The van der Waals surface area contributed by atoms with Crippen molar-refractivity contribution in [1.82, 2.24) is 0 Å². The number of carboxylic acid groups (broad SMARTS) is 1. The lowest BCUT2D eigenvalue weighted by Crippen LogP contribution is -2.08. The van der Waals surface area contributed by atoms with Crippen molar-refractivity contribution in [3.05, 3.63) is 51.5 Å². The SMILES string of the molecule is CCc1cc(Oc2ccc(Cl)cc2Cl)c(S(C)(=O)=O)cc1C(=O)O. The topological polar surface area (TPSA) is 80.7 Å². The Kier molecular flexibility index (Phi) is 5.42. The van der Waals surface area contributed by atoms with Gasteiger partial charge in [-0.3, -0.25) is 0 Å². The molecular formula is C16H14Cl2O5S. The molecule has 0 amide bonds. The smallest absolute Gasteiger partial charge is 0.336 e. The van der Waals surface area contributed by atoms with Crippen LogP contribution >= 0.6 is 23.2 Å². The van der Waals surface area contributed by atoms with Crippen LogP contribution in [0.2, 0.25) is 10.0 Å². The Hall–Kier alpha value is -1.76. The van der Waals surface area contributed by atoms with Crippen LogP contribution in [0.4, 0.5) is 0 Å². The molecule has 0 heterocycles. The van der Waals surface area contributed by atoms with Crippen molar-refractivity contribution < 1.29 is 23.1 Å². The maximum absolute atomic E-state index is 12.0. The second-order valence-corrected chi connectivity index (χ2v) is 7.89. The van der Waals surface area contributed by atoms with E-state index in [1.54, 1.807) is 13.0 Å². The second kappa shape index (κ2) is 7.01. The summed E-state index contributed by atoms with van der Waals surface area (Å²) in [7, 11) is -3.71. The van der Waals surface area contributed by atoms with Gasteiger partial charge in [0.25, 0.3) is 0 Å². The number of carbonyl (C=O) groups is 1. The molecule has 0 radical (unpaired) electrons. The van der Waals surface area contributed by atoms with Gasteiger partial charge in [0.05, 0.1) is 10.6 Å². The third kappa shape index (κ3) is 4.01. The van der Waals surface area contributed by atoms with Gasteiger partial charge in [-0.2, -0.15) is 0 Å². The van der Waals surface area contributed by atoms with Gasteiger partial charge in [0.15, 0.2) is 9.84 Å². The van der Waals surface area contributed by atoms with Crippen LogP contribution in [0, 0.1) is 0 Å². The van der Waals surface area contributed by atoms with Crippen LogP contribution in [0.1, 0.15) is 22.8 Å². The third-order valence-electron chi connectivity index (χ3n) is 3.29. The number of hydrogen-bond donors (Lipinski definition) is 1. The number of hydrogen-bond acceptors (Lipinski definition) is 4. The molecule has 0 bridgehead atoms. The first kappa shape index (κ1) is 18.6. The molecule has 1 N–H and O–H groups in total. The van der Waals surface area contributed by atoms with Crippen LogP contribution in [0.3, 0.4) is 0 Å². The average molecular weight is 389 g/mol. The van der Waals surface area contributed by atoms with Crippen LogP contribution < -0.4 is 4.74 Å². The molecule has 8 heteroatoms. The van der Waals surface area contributed by atoms with Gasteiger partial charge in [-0.05, 0) is 42.3 Å². The van der Waals surface area contributed by atoms with E-state index in [9.17, 15) is 18.3 Å². The minimum atomic E-state index is -3.71. The normalized spacial score (nSPS) is 11.3. The van der Waals surface area contributed by atoms with Gasteiger partial charge in [-0.25, -0.2) is 13.2 Å². The van der Waals surface area contributed by atoms with Crippen molar-refractivity contribution in [2.75, 3.05) is 6.26 Å². The number of rotatable bonds is 5. The molecule has 2 aromatic rings. The summed E-state index contributed by atoms with van der Waals surface area (Å²) in [5.74, 6) is -0.965. The van der Waals surface area contributed by atoms with Crippen LogP contribution in [0.5, 0.6) is 11.5 Å². The molecule has 2 rings (SSSR count). The van der Waals surface area contributed by atoms with E-state index in [2.05, 4.69) is 0 Å². The van der Waals surface area contributed by atoms with Crippen molar-refractivity contribution >= 4 is 39.0 Å². The molecular weight excluding hydrogens is 375 g/mol. The van der Waals surface area contributed by atoms with Crippen LogP contribution in [0.15, 0.2) is 35.2 Å². The molecule has 24 heavy (non-hydrogen) atoms. The number of sulfone groups is 1. The van der Waals surface area contributed by atoms with Gasteiger partial charge in [-0.15, -0.1) is 0 Å². The lowest BCUT2D eigenvalue weighted by molar-refractivity contribution is 0.0695. The molecule has 0 saturated carbocycles. The summed E-state index contributed by atoms with van der Waals surface area (Å²) in [5, 5.41) is 9.89. The molecule has 0 aliphatic carbocycles. The largest absolute Gasteiger partial charge is 0.478 e. The Balaban J connectivity index is 2.65. The number of halogens is 2. The van der Waals surface area contributed by atoms with Crippen molar-refractivity contribution in [3.8, 4) is 11.5 Å². The number of aryl methyl sites for hydroxylation is 1. The third-order valence-corrected chi connectivity index (χ3v) is 4.94. The summed E-state index contributed by atoms with van der Waals surface area (Å²) in [6, 6.07) is 7.04. The summed E-state index contributed by atoms with van der Waals surface area (Å²) >= 11 is 11.9. The number of ether oxygens (including phenoxy) is 1. The van der Waals surface area contributed by atoms with E-state index in [1.807, 2.05) is 0 Å². The maximum Gasteiger partial charge on any atom is 0.336 e.